The molecule has 22 nitrogen and oxygen atoms in total. The van der Waals surface area contributed by atoms with Gasteiger partial charge in [-0.25, -0.2) is 9.59 Å². The molecule has 0 aromatic heterocycles. The molecule has 0 bridgehead atoms. The average molecular weight is 1220 g/mol. The number of Topliss-reactive ketones (excluding diaryl/α,β-unsaturated/α-hetero) is 2. The highest BCUT2D eigenvalue weighted by atomic mass is 16.6. The van der Waals surface area contributed by atoms with Crippen LogP contribution in [0.25, 0.3) is 0 Å². The summed E-state index contributed by atoms with van der Waals surface area (Å²) in [4.78, 5) is 138. The molecule has 1 aliphatic heterocycles. The van der Waals surface area contributed by atoms with Crippen molar-refractivity contribution < 1.29 is 72.0 Å². The molecule has 2 aromatic carbocycles. The molecule has 0 unspecified atom stereocenters. The highest BCUT2D eigenvalue weighted by molar-refractivity contribution is 5.98. The van der Waals surface area contributed by atoms with E-state index in [2.05, 4.69) is 26.0 Å². The number of nitrogens with zero attached hydrogens (tertiary/aromatic N) is 3. The van der Waals surface area contributed by atoms with Gasteiger partial charge in [-0.05, 0) is 66.7 Å². The van der Waals surface area contributed by atoms with E-state index >= 15 is 0 Å². The maximum absolute atomic E-state index is 14.8. The Morgan fingerprint density at radius 1 is 0.736 bits per heavy atom. The van der Waals surface area contributed by atoms with Crippen molar-refractivity contribution in [2.75, 3.05) is 53.8 Å². The van der Waals surface area contributed by atoms with Crippen LogP contribution in [-0.2, 0) is 68.7 Å². The Balaban J connectivity index is 1.63. The molecule has 0 spiro atoms. The average Bonchev–Trinajstić information content (AvgIpc) is 2.65. The molecule has 484 valence electrons. The van der Waals surface area contributed by atoms with Crippen LogP contribution in [0, 0.1) is 41.4 Å². The standard InChI is InChI=1S/C65H99N7O15/c1-17-41(8)59(52(84-14)36-55(77)72-33-21-24-49(72)61(86-16)43(10)63(81)67-44(11)60(79)46-22-19-18-20-23-46)70(12)64(82)48(38(2)3)35-51(74)58(40(6)7)71(13)65(83)87-37-45-25-27-47(28-26-45)68-62(80)42(9)34-50(73)57(39(4)5)69-54(76)31-32-66-53(75)29-30-56(78)85-15/h18-20,22-23,25-30,38-44,48-49,52,57-61,79H,17,21,24,31-37H2,1-16H3,(H,66,75)(H,67,81)(H,68,80)(H,69,76)/b30-29-/t41-,42+,43+,44+,48-,49-,52+,57-,58-,59-,60+,61+/m0/s1. The van der Waals surface area contributed by atoms with Crippen LogP contribution in [0.4, 0.5) is 10.5 Å². The van der Waals surface area contributed by atoms with Crippen molar-refractivity contribution in [3.8, 4) is 0 Å². The summed E-state index contributed by atoms with van der Waals surface area (Å²) in [5.74, 6) is -7.05. The number of amides is 7. The Bertz CT molecular complexity index is 2630. The maximum atomic E-state index is 14.8. The topological polar surface area (TPSA) is 286 Å². The van der Waals surface area contributed by atoms with Gasteiger partial charge in [-0.15, -0.1) is 0 Å². The Hall–Kier alpha value is -7.04. The van der Waals surface area contributed by atoms with Crippen LogP contribution in [0.5, 0.6) is 0 Å². The lowest BCUT2D eigenvalue weighted by Gasteiger charge is -2.41. The number of benzene rings is 2. The normalized spacial score (nSPS) is 17.1. The molecule has 1 heterocycles. The van der Waals surface area contributed by atoms with Crippen LogP contribution in [0.15, 0.2) is 66.7 Å². The van der Waals surface area contributed by atoms with E-state index in [-0.39, 0.29) is 91.8 Å². The quantitative estimate of drug-likeness (QED) is 0.0360. The molecule has 1 aliphatic rings. The molecular formula is C65H99N7O15. The van der Waals surface area contributed by atoms with Crippen LogP contribution in [0.1, 0.15) is 138 Å². The summed E-state index contributed by atoms with van der Waals surface area (Å²) in [7, 11) is 7.38. The Kier molecular flexibility index (Phi) is 31.0. The van der Waals surface area contributed by atoms with E-state index in [0.717, 1.165) is 12.2 Å². The smallest absolute Gasteiger partial charge is 0.410 e. The van der Waals surface area contributed by atoms with Crippen molar-refractivity contribution in [3.05, 3.63) is 77.9 Å². The molecule has 3 rings (SSSR count). The van der Waals surface area contributed by atoms with Gasteiger partial charge < -0.3 is 60.0 Å². The van der Waals surface area contributed by atoms with Crippen LogP contribution >= 0.6 is 0 Å². The number of esters is 1. The second kappa shape index (κ2) is 36.3. The second-order valence-electron chi connectivity index (χ2n) is 24.1. The number of ketones is 2. The van der Waals surface area contributed by atoms with Crippen molar-refractivity contribution in [2.24, 2.45) is 41.4 Å². The SMILES string of the molecule is CC[C@H](C)[C@@H]([C@@H](CC(=O)N1CCC[C@H]1[C@H](OC)[C@@H](C)C(=O)N[C@H](C)[C@@H](O)c1ccccc1)OC)N(C)C(=O)[C@@H](CC(=O)[C@H](C(C)C)N(C)C(=O)OCc1ccc(NC(=O)[C@H](C)CC(=O)[C@@H](NC(=O)CCNC(=O)/C=C\C(=O)OC)C(C)C)cc1)C(C)C. The van der Waals surface area contributed by atoms with Crippen LogP contribution in [0.3, 0.4) is 0 Å². The number of carbonyl (C=O) groups is 10. The van der Waals surface area contributed by atoms with Gasteiger partial charge >= 0.3 is 12.1 Å². The zero-order valence-corrected chi connectivity index (χ0v) is 54.1. The Morgan fingerprint density at radius 2 is 1.38 bits per heavy atom. The first-order valence-electron chi connectivity index (χ1n) is 30.4. The molecule has 0 aliphatic carbocycles. The zero-order chi connectivity index (χ0) is 65.4. The summed E-state index contributed by atoms with van der Waals surface area (Å²) in [6.07, 6.45) is 0.271. The number of rotatable bonds is 35. The summed E-state index contributed by atoms with van der Waals surface area (Å²) < 4.78 is 22.2. The minimum atomic E-state index is -0.948. The number of likely N-dealkylation sites (tertiary alicyclic amines) is 1. The minimum Gasteiger partial charge on any atom is -0.466 e. The number of aliphatic hydroxyl groups is 1. The van der Waals surface area contributed by atoms with Crippen LogP contribution in [-0.4, -0.2) is 170 Å². The van der Waals surface area contributed by atoms with Gasteiger partial charge in [-0.2, -0.15) is 0 Å². The van der Waals surface area contributed by atoms with E-state index in [1.165, 1.54) is 33.3 Å². The molecule has 12 atom stereocenters. The summed E-state index contributed by atoms with van der Waals surface area (Å²) in [5.41, 5.74) is 1.68. The van der Waals surface area contributed by atoms with E-state index < -0.39 is 96.1 Å². The lowest BCUT2D eigenvalue weighted by molar-refractivity contribution is -0.149. The van der Waals surface area contributed by atoms with Gasteiger partial charge in [0.2, 0.25) is 35.4 Å². The lowest BCUT2D eigenvalue weighted by Crippen LogP contribution is -2.55. The van der Waals surface area contributed by atoms with E-state index in [4.69, 9.17) is 14.2 Å². The Morgan fingerprint density at radius 3 is 1.94 bits per heavy atom. The molecule has 7 amide bonds. The van der Waals surface area contributed by atoms with Crippen molar-refractivity contribution >= 4 is 64.8 Å². The van der Waals surface area contributed by atoms with Gasteiger partial charge in [0.15, 0.2) is 11.6 Å². The summed E-state index contributed by atoms with van der Waals surface area (Å²) in [5, 5.41) is 21.8. The lowest BCUT2D eigenvalue weighted by atomic mass is 9.83. The molecule has 5 N–H and O–H groups in total. The van der Waals surface area contributed by atoms with E-state index in [9.17, 15) is 53.1 Å². The van der Waals surface area contributed by atoms with Crippen molar-refractivity contribution in [1.82, 2.24) is 30.7 Å². The van der Waals surface area contributed by atoms with Crippen LogP contribution in [0.2, 0.25) is 0 Å². The van der Waals surface area contributed by atoms with Crippen molar-refractivity contribution in [2.45, 2.75) is 176 Å². The molecule has 22 heteroatoms. The molecule has 87 heavy (non-hydrogen) atoms. The summed E-state index contributed by atoms with van der Waals surface area (Å²) in [6.45, 7) is 20.2. The molecule has 2 aromatic rings. The predicted octanol–water partition coefficient (Wildman–Crippen LogP) is 6.58. The molecule has 0 radical (unpaired) electrons. The third kappa shape index (κ3) is 22.3. The number of hydrogen-bond acceptors (Lipinski definition) is 15. The maximum Gasteiger partial charge on any atom is 0.410 e. The fourth-order valence-electron chi connectivity index (χ4n) is 11.2. The van der Waals surface area contributed by atoms with Crippen molar-refractivity contribution in [3.63, 3.8) is 0 Å². The number of carbonyl (C=O) groups excluding carboxylic acids is 10. The number of hydrogen-bond donors (Lipinski definition) is 5. The van der Waals surface area contributed by atoms with Gasteiger partial charge in [0.25, 0.3) is 0 Å². The number of anilines is 1. The largest absolute Gasteiger partial charge is 0.466 e. The molecular weight excluding hydrogens is 1120 g/mol. The number of methoxy groups -OCH3 is 3. The third-order valence-electron chi connectivity index (χ3n) is 16.5. The van der Waals surface area contributed by atoms with Gasteiger partial charge in [0.05, 0.1) is 68.0 Å². The monoisotopic (exact) mass is 1220 g/mol. The van der Waals surface area contributed by atoms with Gasteiger partial charge in [0, 0.05) is 90.3 Å². The van der Waals surface area contributed by atoms with Gasteiger partial charge in [-0.1, -0.05) is 118 Å². The first-order chi connectivity index (χ1) is 41.0. The van der Waals surface area contributed by atoms with E-state index in [0.29, 0.717) is 42.6 Å². The highest BCUT2D eigenvalue weighted by Gasteiger charge is 2.44. The first kappa shape index (κ1) is 74.2. The van der Waals surface area contributed by atoms with Gasteiger partial charge in [0.1, 0.15) is 6.61 Å². The molecule has 1 fully saturated rings. The second-order valence-corrected chi connectivity index (χ2v) is 24.1. The highest BCUT2D eigenvalue weighted by Crippen LogP contribution is 2.32. The van der Waals surface area contributed by atoms with Gasteiger partial charge in [-0.3, -0.25) is 38.4 Å². The summed E-state index contributed by atoms with van der Waals surface area (Å²) in [6, 6.07) is 12.2. The van der Waals surface area contributed by atoms with E-state index in [1.54, 1.807) is 87.9 Å². The number of likely N-dealkylation sites (N-methyl/N-ethyl adjacent to an activating group) is 2. The molecule has 0 saturated carbocycles. The zero-order valence-electron chi connectivity index (χ0n) is 54.1. The number of ether oxygens (including phenoxy) is 4. The number of aliphatic hydroxyl groups excluding tert-OH is 1. The fourth-order valence-corrected chi connectivity index (χ4v) is 11.2. The minimum absolute atomic E-state index is 0.0453. The Labute approximate surface area is 514 Å². The van der Waals surface area contributed by atoms with Crippen LogP contribution < -0.4 is 21.3 Å². The summed E-state index contributed by atoms with van der Waals surface area (Å²) >= 11 is 0. The van der Waals surface area contributed by atoms with Crippen molar-refractivity contribution in [1.29, 1.82) is 0 Å². The fraction of sp³-hybridized carbons (Fsp3) is 0.631. The van der Waals surface area contributed by atoms with E-state index in [1.807, 2.05) is 59.7 Å². The molecule has 1 saturated heterocycles. The first-order valence-corrected chi connectivity index (χ1v) is 30.4. The third-order valence-corrected chi connectivity index (χ3v) is 16.5. The predicted molar refractivity (Wildman–Crippen MR) is 329 cm³/mol. The number of nitrogens with one attached hydrogen (secondary N) is 4.